The standard InChI is InChI=1S/C17H10FN5OS2/c18-12-7-3-1-5-10(12)14(24)21-16-22-23-17(26-16)25-15-11-6-2-4-8-13(11)19-9-20-15/h1-9H,(H,21,22,24). The Morgan fingerprint density at radius 3 is 2.73 bits per heavy atom. The maximum absolute atomic E-state index is 13.7. The van der Waals surface area contributed by atoms with Crippen LogP contribution in [0.5, 0.6) is 0 Å². The Balaban J connectivity index is 1.53. The molecular weight excluding hydrogens is 373 g/mol. The van der Waals surface area contributed by atoms with Gasteiger partial charge in [-0.15, -0.1) is 10.2 Å². The largest absolute Gasteiger partial charge is 0.296 e. The summed E-state index contributed by atoms with van der Waals surface area (Å²) in [6, 6.07) is 13.4. The molecule has 128 valence electrons. The van der Waals surface area contributed by atoms with Crippen LogP contribution < -0.4 is 5.32 Å². The van der Waals surface area contributed by atoms with Gasteiger partial charge in [-0.3, -0.25) is 10.1 Å². The van der Waals surface area contributed by atoms with Crippen LogP contribution in [-0.2, 0) is 0 Å². The number of benzene rings is 2. The summed E-state index contributed by atoms with van der Waals surface area (Å²) in [5, 5.41) is 12.5. The zero-order valence-electron chi connectivity index (χ0n) is 13.1. The number of hydrogen-bond donors (Lipinski definition) is 1. The lowest BCUT2D eigenvalue weighted by molar-refractivity contribution is 0.102. The maximum atomic E-state index is 13.7. The van der Waals surface area contributed by atoms with E-state index in [1.165, 1.54) is 47.6 Å². The Labute approximate surface area is 155 Å². The summed E-state index contributed by atoms with van der Waals surface area (Å²) < 4.78 is 14.3. The summed E-state index contributed by atoms with van der Waals surface area (Å²) >= 11 is 2.52. The molecule has 6 nitrogen and oxygen atoms in total. The molecule has 0 spiro atoms. The molecule has 1 amide bonds. The van der Waals surface area contributed by atoms with Gasteiger partial charge in [-0.05, 0) is 30.0 Å². The number of carbonyl (C=O) groups excluding carboxylic acids is 1. The predicted molar refractivity (Wildman–Crippen MR) is 97.9 cm³/mol. The molecule has 2 aromatic carbocycles. The van der Waals surface area contributed by atoms with Crippen molar-refractivity contribution in [3.05, 3.63) is 66.2 Å². The Morgan fingerprint density at radius 1 is 1.04 bits per heavy atom. The molecule has 2 aromatic heterocycles. The first-order valence-electron chi connectivity index (χ1n) is 7.48. The normalized spacial score (nSPS) is 10.8. The lowest BCUT2D eigenvalue weighted by atomic mass is 10.2. The first-order valence-corrected chi connectivity index (χ1v) is 9.11. The van der Waals surface area contributed by atoms with E-state index in [4.69, 9.17) is 0 Å². The van der Waals surface area contributed by atoms with Gasteiger partial charge < -0.3 is 0 Å². The third-order valence-electron chi connectivity index (χ3n) is 3.44. The molecule has 9 heteroatoms. The molecule has 0 unspecified atom stereocenters. The number of rotatable bonds is 4. The lowest BCUT2D eigenvalue weighted by Crippen LogP contribution is -2.13. The number of aromatic nitrogens is 4. The van der Waals surface area contributed by atoms with Gasteiger partial charge in [0.25, 0.3) is 5.91 Å². The van der Waals surface area contributed by atoms with E-state index in [-0.39, 0.29) is 5.56 Å². The molecule has 0 radical (unpaired) electrons. The molecule has 0 fully saturated rings. The van der Waals surface area contributed by atoms with Crippen molar-refractivity contribution in [1.29, 1.82) is 0 Å². The summed E-state index contributed by atoms with van der Waals surface area (Å²) in [7, 11) is 0. The molecule has 0 aliphatic rings. The molecule has 0 saturated heterocycles. The van der Waals surface area contributed by atoms with Crippen molar-refractivity contribution in [2.75, 3.05) is 5.32 Å². The Morgan fingerprint density at radius 2 is 1.85 bits per heavy atom. The second kappa shape index (κ2) is 7.14. The molecule has 0 aliphatic heterocycles. The van der Waals surface area contributed by atoms with Crippen LogP contribution in [0.25, 0.3) is 10.9 Å². The van der Waals surface area contributed by atoms with Crippen LogP contribution in [0.3, 0.4) is 0 Å². The van der Waals surface area contributed by atoms with Crippen LogP contribution >= 0.6 is 23.1 Å². The SMILES string of the molecule is O=C(Nc1nnc(Sc2ncnc3ccccc23)s1)c1ccccc1F. The summed E-state index contributed by atoms with van der Waals surface area (Å²) in [6.07, 6.45) is 1.49. The molecule has 4 rings (SSSR count). The minimum atomic E-state index is -0.587. The van der Waals surface area contributed by atoms with Crippen molar-refractivity contribution in [3.63, 3.8) is 0 Å². The van der Waals surface area contributed by atoms with Crippen molar-refractivity contribution < 1.29 is 9.18 Å². The van der Waals surface area contributed by atoms with E-state index in [0.717, 1.165) is 15.9 Å². The highest BCUT2D eigenvalue weighted by Crippen LogP contribution is 2.34. The second-order valence-electron chi connectivity index (χ2n) is 5.11. The summed E-state index contributed by atoms with van der Waals surface area (Å²) in [5.41, 5.74) is 0.793. The third kappa shape index (κ3) is 3.39. The van der Waals surface area contributed by atoms with E-state index >= 15 is 0 Å². The molecule has 0 aliphatic carbocycles. The van der Waals surface area contributed by atoms with E-state index in [1.807, 2.05) is 24.3 Å². The summed E-state index contributed by atoms with van der Waals surface area (Å²) in [6.45, 7) is 0. The number of carbonyl (C=O) groups is 1. The highest BCUT2D eigenvalue weighted by atomic mass is 32.2. The Bertz CT molecular complexity index is 1100. The zero-order chi connectivity index (χ0) is 17.9. The lowest BCUT2D eigenvalue weighted by Gasteiger charge is -2.02. The number of nitrogens with one attached hydrogen (secondary N) is 1. The van der Waals surface area contributed by atoms with Gasteiger partial charge >= 0.3 is 0 Å². The van der Waals surface area contributed by atoms with Crippen LogP contribution in [-0.4, -0.2) is 26.1 Å². The smallest absolute Gasteiger partial charge is 0.260 e. The molecule has 2 heterocycles. The molecule has 0 saturated carbocycles. The van der Waals surface area contributed by atoms with Gasteiger partial charge in [0, 0.05) is 5.39 Å². The van der Waals surface area contributed by atoms with Crippen LogP contribution in [0.2, 0.25) is 0 Å². The average Bonchev–Trinajstić information content (AvgIpc) is 3.09. The van der Waals surface area contributed by atoms with Crippen LogP contribution in [0.4, 0.5) is 9.52 Å². The minimum Gasteiger partial charge on any atom is -0.296 e. The number of amides is 1. The molecule has 4 aromatic rings. The topological polar surface area (TPSA) is 80.7 Å². The number of halogens is 1. The van der Waals surface area contributed by atoms with E-state index in [1.54, 1.807) is 6.07 Å². The second-order valence-corrected chi connectivity index (χ2v) is 7.32. The average molecular weight is 383 g/mol. The van der Waals surface area contributed by atoms with Crippen molar-refractivity contribution in [1.82, 2.24) is 20.2 Å². The summed E-state index contributed by atoms with van der Waals surface area (Å²) in [4.78, 5) is 20.6. The van der Waals surface area contributed by atoms with Crippen molar-refractivity contribution in [2.45, 2.75) is 9.37 Å². The van der Waals surface area contributed by atoms with Gasteiger partial charge in [0.2, 0.25) is 5.13 Å². The fraction of sp³-hybridized carbons (Fsp3) is 0. The van der Waals surface area contributed by atoms with Crippen LogP contribution in [0.15, 0.2) is 64.2 Å². The number of hydrogen-bond acceptors (Lipinski definition) is 7. The van der Waals surface area contributed by atoms with Gasteiger partial charge in [-0.25, -0.2) is 14.4 Å². The fourth-order valence-corrected chi connectivity index (χ4v) is 4.00. The number of para-hydroxylation sites is 1. The first-order chi connectivity index (χ1) is 12.7. The van der Waals surface area contributed by atoms with Crippen molar-refractivity contribution in [2.24, 2.45) is 0 Å². The number of anilines is 1. The zero-order valence-corrected chi connectivity index (χ0v) is 14.7. The van der Waals surface area contributed by atoms with Crippen LogP contribution in [0.1, 0.15) is 10.4 Å². The highest BCUT2D eigenvalue weighted by Gasteiger charge is 2.15. The monoisotopic (exact) mass is 383 g/mol. The number of fused-ring (bicyclic) bond motifs is 1. The fourth-order valence-electron chi connectivity index (χ4n) is 2.26. The van der Waals surface area contributed by atoms with Gasteiger partial charge in [-0.2, -0.15) is 0 Å². The van der Waals surface area contributed by atoms with Gasteiger partial charge in [-0.1, -0.05) is 41.7 Å². The Hall–Kier alpha value is -2.91. The maximum Gasteiger partial charge on any atom is 0.260 e. The van der Waals surface area contributed by atoms with E-state index in [2.05, 4.69) is 25.5 Å². The predicted octanol–water partition coefficient (Wildman–Crippen LogP) is 4.02. The molecular formula is C17H10FN5OS2. The van der Waals surface area contributed by atoms with E-state index < -0.39 is 11.7 Å². The van der Waals surface area contributed by atoms with Crippen LogP contribution in [0, 0.1) is 5.82 Å². The van der Waals surface area contributed by atoms with Gasteiger partial charge in [0.1, 0.15) is 17.2 Å². The quantitative estimate of drug-likeness (QED) is 0.423. The summed E-state index contributed by atoms with van der Waals surface area (Å²) in [5.74, 6) is -1.15. The van der Waals surface area contributed by atoms with Gasteiger partial charge in [0.05, 0.1) is 11.1 Å². The van der Waals surface area contributed by atoms with E-state index in [9.17, 15) is 9.18 Å². The molecule has 0 atom stereocenters. The van der Waals surface area contributed by atoms with Crippen molar-refractivity contribution >= 4 is 45.0 Å². The van der Waals surface area contributed by atoms with E-state index in [0.29, 0.717) is 9.47 Å². The van der Waals surface area contributed by atoms with Crippen molar-refractivity contribution in [3.8, 4) is 0 Å². The Kier molecular flexibility index (Phi) is 4.55. The first kappa shape index (κ1) is 16.6. The molecule has 26 heavy (non-hydrogen) atoms. The number of nitrogens with zero attached hydrogens (tertiary/aromatic N) is 4. The highest BCUT2D eigenvalue weighted by molar-refractivity contribution is 8.01. The minimum absolute atomic E-state index is 0.0429. The third-order valence-corrected chi connectivity index (χ3v) is 5.34. The van der Waals surface area contributed by atoms with Gasteiger partial charge in [0.15, 0.2) is 4.34 Å². The molecule has 0 bridgehead atoms. The molecule has 1 N–H and O–H groups in total.